The van der Waals surface area contributed by atoms with Gasteiger partial charge in [0.1, 0.15) is 29.9 Å². The minimum absolute atomic E-state index is 0.0364. The first-order chi connectivity index (χ1) is 15.2. The second-order valence-corrected chi connectivity index (χ2v) is 8.84. The van der Waals surface area contributed by atoms with Crippen LogP contribution >= 0.6 is 23.1 Å². The third kappa shape index (κ3) is 3.18. The molecule has 2 aliphatic rings. The van der Waals surface area contributed by atoms with Gasteiger partial charge < -0.3 is 21.0 Å². The maximum Gasteiger partial charge on any atom is 0.352 e. The van der Waals surface area contributed by atoms with Crippen molar-refractivity contribution in [1.82, 2.24) is 15.2 Å². The van der Waals surface area contributed by atoms with Gasteiger partial charge in [-0.05, 0) is 6.92 Å². The van der Waals surface area contributed by atoms with Crippen LogP contribution in [-0.2, 0) is 19.2 Å². The van der Waals surface area contributed by atoms with Crippen LogP contribution in [0.15, 0.2) is 25.8 Å². The number of carbonyl (C=O) groups is 3. The Labute approximate surface area is 187 Å². The van der Waals surface area contributed by atoms with Gasteiger partial charge in [0.25, 0.3) is 11.8 Å². The van der Waals surface area contributed by atoms with Gasteiger partial charge in [-0.3, -0.25) is 24.1 Å². The van der Waals surface area contributed by atoms with Crippen molar-refractivity contribution >= 4 is 57.3 Å². The number of nitrogens with zero attached hydrogens (tertiary/aromatic N) is 3. The first kappa shape index (κ1) is 21.7. The topological polar surface area (TPSA) is 181 Å². The Kier molecular flexibility index (Phi) is 5.34. The van der Waals surface area contributed by atoms with E-state index in [9.17, 15) is 29.1 Å². The molecule has 1 unspecified atom stereocenters. The number of nitrogens with one attached hydrogen (secondary N) is 1. The number of nitrogens with two attached hydrogens (primary N) is 1. The molecule has 0 bridgehead atoms. The third-order valence-corrected chi connectivity index (χ3v) is 7.02. The first-order valence-electron chi connectivity index (χ1n) is 9.02. The fourth-order valence-corrected chi connectivity index (χ4v) is 5.48. The zero-order chi connectivity index (χ0) is 23.3. The highest BCUT2D eigenvalue weighted by Crippen LogP contribution is 2.43. The van der Waals surface area contributed by atoms with Gasteiger partial charge in [-0.15, -0.1) is 23.1 Å². The fraction of sp³-hybridized carbons (Fsp3) is 0.278. The Morgan fingerprint density at radius 1 is 1.34 bits per heavy atom. The smallest absolute Gasteiger partial charge is 0.352 e. The molecule has 1 aromatic carbocycles. The largest absolute Gasteiger partial charge is 0.477 e. The fourth-order valence-electron chi connectivity index (χ4n) is 3.58. The molecule has 0 saturated carbocycles. The number of hydrogen-bond donors (Lipinski definition) is 3. The van der Waals surface area contributed by atoms with E-state index in [0.717, 1.165) is 16.2 Å². The van der Waals surface area contributed by atoms with Crippen molar-refractivity contribution in [3.05, 3.63) is 48.3 Å². The average molecular weight is 477 g/mol. The summed E-state index contributed by atoms with van der Waals surface area (Å²) in [7, 11) is 1.24. The molecular weight excluding hydrogens is 462 g/mol. The quantitative estimate of drug-likeness (QED) is 0.199. The van der Waals surface area contributed by atoms with Crippen LogP contribution in [0, 0.1) is 6.92 Å². The number of oxime groups is 1. The summed E-state index contributed by atoms with van der Waals surface area (Å²) in [5.41, 5.74) is 4.09. The first-order valence-corrected chi connectivity index (χ1v) is 10.9. The van der Waals surface area contributed by atoms with Crippen molar-refractivity contribution in [2.75, 3.05) is 18.6 Å². The Morgan fingerprint density at radius 3 is 2.62 bits per heavy atom. The van der Waals surface area contributed by atoms with E-state index in [1.165, 1.54) is 31.2 Å². The number of aromatic nitrogens is 1. The van der Waals surface area contributed by atoms with Gasteiger partial charge in [0.15, 0.2) is 10.8 Å². The van der Waals surface area contributed by atoms with Crippen molar-refractivity contribution in [2.24, 2.45) is 5.16 Å². The molecule has 2 aromatic rings. The summed E-state index contributed by atoms with van der Waals surface area (Å²) in [6, 6.07) is -1.03. The standard InChI is InChI=1S/C18H15N5O7S2/c1-5-8(13(25)12(5)24)6-3-31-16-10(15(27)23(16)11(6)17(28)29)21-14(26)9(22-30-2)7-4-32-18(19)20-7/h4,10,16H,3H2,1-2H3,(H2,19,20)(H,21,26)(H,28,29)/b22-9-/t10?,16-/m0/s1. The molecule has 166 valence electrons. The number of carbonyl (C=O) groups excluding carboxylic acids is 2. The Balaban J connectivity index is 1.60. The molecule has 12 nitrogen and oxygen atoms in total. The normalized spacial score (nSPS) is 20.8. The Bertz CT molecular complexity index is 1300. The van der Waals surface area contributed by atoms with E-state index in [1.807, 2.05) is 0 Å². The number of carboxylic acids is 1. The molecule has 14 heteroatoms. The highest BCUT2D eigenvalue weighted by atomic mass is 32.2. The molecule has 0 aliphatic carbocycles. The van der Waals surface area contributed by atoms with Crippen LogP contribution in [0.3, 0.4) is 0 Å². The zero-order valence-corrected chi connectivity index (χ0v) is 18.2. The van der Waals surface area contributed by atoms with Gasteiger partial charge in [0, 0.05) is 27.8 Å². The van der Waals surface area contributed by atoms with E-state index in [-0.39, 0.29) is 44.7 Å². The molecule has 32 heavy (non-hydrogen) atoms. The number of aliphatic carboxylic acids is 1. The van der Waals surface area contributed by atoms with Gasteiger partial charge in [0.05, 0.1) is 0 Å². The predicted molar refractivity (Wildman–Crippen MR) is 116 cm³/mol. The van der Waals surface area contributed by atoms with Gasteiger partial charge in [-0.1, -0.05) is 5.16 Å². The molecule has 4 N–H and O–H groups in total. The molecule has 2 aliphatic heterocycles. The lowest BCUT2D eigenvalue weighted by molar-refractivity contribution is -0.149. The number of thiazole rings is 1. The predicted octanol–water partition coefficient (Wildman–Crippen LogP) is -1.12. The summed E-state index contributed by atoms with van der Waals surface area (Å²) in [4.78, 5) is 70.7. The third-order valence-electron chi connectivity index (χ3n) is 5.07. The summed E-state index contributed by atoms with van der Waals surface area (Å²) in [6.07, 6.45) is 0. The van der Waals surface area contributed by atoms with Gasteiger partial charge in [-0.25, -0.2) is 9.78 Å². The molecule has 4 rings (SSSR count). The summed E-state index contributed by atoms with van der Waals surface area (Å²) in [5.74, 6) is -2.75. The molecule has 2 amide bonds. The summed E-state index contributed by atoms with van der Waals surface area (Å²) in [6.45, 7) is 1.44. The van der Waals surface area contributed by atoms with Gasteiger partial charge in [-0.2, -0.15) is 0 Å². The number of hydrogen-bond acceptors (Lipinski definition) is 11. The molecular formula is C18H15N5O7S2. The summed E-state index contributed by atoms with van der Waals surface area (Å²) >= 11 is 2.26. The number of anilines is 1. The highest BCUT2D eigenvalue weighted by Gasteiger charge is 2.55. The van der Waals surface area contributed by atoms with E-state index < -0.39 is 40.1 Å². The minimum atomic E-state index is -1.41. The summed E-state index contributed by atoms with van der Waals surface area (Å²) in [5, 5.41) is 16.9. The molecule has 1 saturated heterocycles. The van der Waals surface area contributed by atoms with Gasteiger partial charge in [0.2, 0.25) is 10.9 Å². The average Bonchev–Trinajstić information content (AvgIpc) is 3.20. The van der Waals surface area contributed by atoms with Crippen LogP contribution < -0.4 is 21.9 Å². The van der Waals surface area contributed by atoms with Crippen molar-refractivity contribution < 1.29 is 24.3 Å². The lowest BCUT2D eigenvalue weighted by Crippen LogP contribution is -2.71. The Morgan fingerprint density at radius 2 is 2.06 bits per heavy atom. The SMILES string of the molecule is CO/N=C(\C(=O)NC1C(=O)N2C(C(=O)O)=C(c3c(C)c(=O)c3=O)CS[C@@H]12)c1csc(N)n1. The number of β-lactam (4-membered cyclic amide) rings is 1. The maximum atomic E-state index is 12.8. The Hall–Kier alpha value is -3.52. The van der Waals surface area contributed by atoms with Crippen LogP contribution in [0.2, 0.25) is 0 Å². The molecule has 0 spiro atoms. The van der Waals surface area contributed by atoms with E-state index in [1.54, 1.807) is 0 Å². The van der Waals surface area contributed by atoms with Crippen LogP contribution in [0.5, 0.6) is 0 Å². The van der Waals surface area contributed by atoms with Crippen LogP contribution in [0.1, 0.15) is 16.8 Å². The molecule has 1 fully saturated rings. The highest BCUT2D eigenvalue weighted by molar-refractivity contribution is 8.00. The number of rotatable bonds is 6. The lowest BCUT2D eigenvalue weighted by Gasteiger charge is -2.49. The maximum absolute atomic E-state index is 12.8. The van der Waals surface area contributed by atoms with Crippen molar-refractivity contribution in [1.29, 1.82) is 0 Å². The zero-order valence-electron chi connectivity index (χ0n) is 16.6. The summed E-state index contributed by atoms with van der Waals surface area (Å²) < 4.78 is 0. The van der Waals surface area contributed by atoms with E-state index in [4.69, 9.17) is 10.6 Å². The van der Waals surface area contributed by atoms with E-state index >= 15 is 0 Å². The number of nitrogen functional groups attached to an aromatic ring is 1. The van der Waals surface area contributed by atoms with Crippen molar-refractivity contribution in [3.8, 4) is 0 Å². The lowest BCUT2D eigenvalue weighted by atomic mass is 9.92. The monoisotopic (exact) mass is 477 g/mol. The van der Waals surface area contributed by atoms with Crippen molar-refractivity contribution in [2.45, 2.75) is 18.3 Å². The van der Waals surface area contributed by atoms with Crippen LogP contribution in [-0.4, -0.2) is 62.8 Å². The van der Waals surface area contributed by atoms with E-state index in [2.05, 4.69) is 15.5 Å². The molecule has 0 radical (unpaired) electrons. The minimum Gasteiger partial charge on any atom is -0.477 e. The number of amides is 2. The molecule has 1 aromatic heterocycles. The molecule has 3 heterocycles. The second-order valence-electron chi connectivity index (χ2n) is 6.84. The number of carboxylic acid groups (broad SMARTS) is 1. The second kappa shape index (κ2) is 7.87. The number of thioether (sulfide) groups is 1. The van der Waals surface area contributed by atoms with Gasteiger partial charge >= 0.3 is 5.97 Å². The van der Waals surface area contributed by atoms with Crippen LogP contribution in [0.4, 0.5) is 5.13 Å². The van der Waals surface area contributed by atoms with Crippen LogP contribution in [0.25, 0.3) is 5.57 Å². The van der Waals surface area contributed by atoms with Crippen molar-refractivity contribution in [3.63, 3.8) is 0 Å². The number of fused-ring (bicyclic) bond motifs is 1. The van der Waals surface area contributed by atoms with E-state index in [0.29, 0.717) is 0 Å². The molecule has 2 atom stereocenters.